The monoisotopic (exact) mass is 220 g/mol. The predicted octanol–water partition coefficient (Wildman–Crippen LogP) is 2.07. The summed E-state index contributed by atoms with van der Waals surface area (Å²) in [6, 6.07) is 3.12. The summed E-state index contributed by atoms with van der Waals surface area (Å²) >= 11 is 0. The molecule has 0 atom stereocenters. The highest BCUT2D eigenvalue weighted by molar-refractivity contribution is 5.63. The molecule has 1 aromatic heterocycles. The van der Waals surface area contributed by atoms with E-state index < -0.39 is 4.92 Å². The number of nitriles is 1. The van der Waals surface area contributed by atoms with Crippen molar-refractivity contribution in [3.63, 3.8) is 0 Å². The van der Waals surface area contributed by atoms with E-state index in [0.29, 0.717) is 6.54 Å². The smallest absolute Gasteiger partial charge is 0.328 e. The highest BCUT2D eigenvalue weighted by atomic mass is 16.6. The van der Waals surface area contributed by atoms with E-state index in [2.05, 4.69) is 10.3 Å². The number of nitrogens with zero attached hydrogens (tertiary/aromatic N) is 3. The number of aromatic nitrogens is 1. The van der Waals surface area contributed by atoms with Gasteiger partial charge in [-0.05, 0) is 12.5 Å². The van der Waals surface area contributed by atoms with Gasteiger partial charge >= 0.3 is 5.69 Å². The third-order valence-corrected chi connectivity index (χ3v) is 2.05. The summed E-state index contributed by atoms with van der Waals surface area (Å²) in [6.45, 7) is 2.63. The number of pyridine rings is 1. The number of unbranched alkanes of at least 4 members (excludes halogenated alkanes) is 1. The van der Waals surface area contributed by atoms with Gasteiger partial charge in [0, 0.05) is 12.7 Å². The molecule has 1 rings (SSSR count). The van der Waals surface area contributed by atoms with E-state index in [0.717, 1.165) is 12.8 Å². The molecule has 1 N–H and O–H groups in total. The van der Waals surface area contributed by atoms with E-state index in [-0.39, 0.29) is 17.1 Å². The zero-order valence-electron chi connectivity index (χ0n) is 8.93. The molecule has 0 spiro atoms. The van der Waals surface area contributed by atoms with Crippen LogP contribution in [0, 0.1) is 21.4 Å². The van der Waals surface area contributed by atoms with E-state index in [1.54, 1.807) is 6.07 Å². The van der Waals surface area contributed by atoms with E-state index in [1.807, 2.05) is 6.92 Å². The molecule has 16 heavy (non-hydrogen) atoms. The van der Waals surface area contributed by atoms with Crippen molar-refractivity contribution in [1.82, 2.24) is 4.98 Å². The molecule has 0 aliphatic heterocycles. The second kappa shape index (κ2) is 5.66. The zero-order chi connectivity index (χ0) is 12.0. The average molecular weight is 220 g/mol. The Morgan fingerprint density at radius 1 is 1.69 bits per heavy atom. The molecule has 0 unspecified atom stereocenters. The van der Waals surface area contributed by atoms with E-state index in [4.69, 9.17) is 5.26 Å². The molecule has 0 fully saturated rings. The molecule has 84 valence electrons. The van der Waals surface area contributed by atoms with Crippen LogP contribution in [0.2, 0.25) is 0 Å². The maximum Gasteiger partial charge on any atom is 0.328 e. The van der Waals surface area contributed by atoms with Crippen molar-refractivity contribution >= 4 is 11.5 Å². The minimum atomic E-state index is -0.583. The Morgan fingerprint density at radius 2 is 2.44 bits per heavy atom. The lowest BCUT2D eigenvalue weighted by atomic mass is 10.2. The normalized spacial score (nSPS) is 9.50. The lowest BCUT2D eigenvalue weighted by Crippen LogP contribution is -2.07. The van der Waals surface area contributed by atoms with Crippen molar-refractivity contribution in [3.05, 3.63) is 27.9 Å². The molecule has 0 aliphatic rings. The quantitative estimate of drug-likeness (QED) is 0.466. The fraction of sp³-hybridized carbons (Fsp3) is 0.400. The van der Waals surface area contributed by atoms with Gasteiger partial charge in [0.05, 0.1) is 4.92 Å². The van der Waals surface area contributed by atoms with Crippen LogP contribution < -0.4 is 5.32 Å². The van der Waals surface area contributed by atoms with Gasteiger partial charge in [0.1, 0.15) is 11.6 Å². The Kier molecular flexibility index (Phi) is 4.21. The Morgan fingerprint density at radius 3 is 3.00 bits per heavy atom. The van der Waals surface area contributed by atoms with Crippen molar-refractivity contribution in [2.45, 2.75) is 19.8 Å². The summed E-state index contributed by atoms with van der Waals surface area (Å²) in [7, 11) is 0. The molecule has 6 nitrogen and oxygen atoms in total. The van der Waals surface area contributed by atoms with Crippen LogP contribution in [0.5, 0.6) is 0 Å². The van der Waals surface area contributed by atoms with Gasteiger partial charge in [-0.25, -0.2) is 4.98 Å². The molecule has 6 heteroatoms. The molecule has 0 bridgehead atoms. The fourth-order valence-corrected chi connectivity index (χ4v) is 1.24. The van der Waals surface area contributed by atoms with E-state index >= 15 is 0 Å². The molecule has 0 saturated heterocycles. The minimum absolute atomic E-state index is 0.0269. The second-order valence-corrected chi connectivity index (χ2v) is 3.20. The van der Waals surface area contributed by atoms with Crippen LogP contribution in [0.25, 0.3) is 0 Å². The molecule has 0 aromatic carbocycles. The molecule has 0 radical (unpaired) electrons. The van der Waals surface area contributed by atoms with Crippen LogP contribution in [0.4, 0.5) is 11.5 Å². The lowest BCUT2D eigenvalue weighted by Gasteiger charge is -2.05. The SMILES string of the molecule is CCCCNc1nccc(C#N)c1[N+](=O)[O-]. The first kappa shape index (κ1) is 11.9. The Bertz CT molecular complexity index is 425. The standard InChI is InChI=1S/C10H12N4O2/c1-2-3-5-12-10-9(14(15)16)8(7-11)4-6-13-10/h4,6H,2-3,5H2,1H3,(H,12,13). The first-order valence-electron chi connectivity index (χ1n) is 4.98. The summed E-state index contributed by atoms with van der Waals surface area (Å²) < 4.78 is 0. The minimum Gasteiger partial charge on any atom is -0.364 e. The topological polar surface area (TPSA) is 91.8 Å². The third kappa shape index (κ3) is 2.67. The molecular weight excluding hydrogens is 208 g/mol. The zero-order valence-corrected chi connectivity index (χ0v) is 8.93. The molecule has 1 aromatic rings. The van der Waals surface area contributed by atoms with Gasteiger partial charge < -0.3 is 5.32 Å². The van der Waals surface area contributed by atoms with Crippen LogP contribution in [0.15, 0.2) is 12.3 Å². The van der Waals surface area contributed by atoms with Crippen molar-refractivity contribution in [2.75, 3.05) is 11.9 Å². The van der Waals surface area contributed by atoms with E-state index in [9.17, 15) is 10.1 Å². The Hall–Kier alpha value is -2.16. The van der Waals surface area contributed by atoms with Gasteiger partial charge in [0.2, 0.25) is 5.82 Å². The van der Waals surface area contributed by atoms with Gasteiger partial charge in [-0.15, -0.1) is 0 Å². The number of hydrogen-bond donors (Lipinski definition) is 1. The highest BCUT2D eigenvalue weighted by Crippen LogP contribution is 2.25. The predicted molar refractivity (Wildman–Crippen MR) is 59.0 cm³/mol. The van der Waals surface area contributed by atoms with Crippen molar-refractivity contribution < 1.29 is 4.92 Å². The van der Waals surface area contributed by atoms with Crippen LogP contribution >= 0.6 is 0 Å². The van der Waals surface area contributed by atoms with Crippen molar-refractivity contribution in [2.24, 2.45) is 0 Å². The summed E-state index contributed by atoms with van der Waals surface area (Å²) in [4.78, 5) is 14.1. The molecular formula is C10H12N4O2. The van der Waals surface area contributed by atoms with Gasteiger partial charge in [0.25, 0.3) is 0 Å². The van der Waals surface area contributed by atoms with Crippen molar-refractivity contribution in [1.29, 1.82) is 5.26 Å². The molecule has 0 aliphatic carbocycles. The Labute approximate surface area is 93.1 Å². The number of anilines is 1. The maximum absolute atomic E-state index is 10.8. The largest absolute Gasteiger partial charge is 0.364 e. The van der Waals surface area contributed by atoms with Crippen LogP contribution in [-0.4, -0.2) is 16.5 Å². The number of nitro groups is 1. The first-order valence-corrected chi connectivity index (χ1v) is 4.98. The maximum atomic E-state index is 10.8. The fourth-order valence-electron chi connectivity index (χ4n) is 1.24. The molecule has 0 saturated carbocycles. The Balaban J connectivity index is 2.99. The number of nitrogens with one attached hydrogen (secondary N) is 1. The van der Waals surface area contributed by atoms with E-state index in [1.165, 1.54) is 12.3 Å². The lowest BCUT2D eigenvalue weighted by molar-refractivity contribution is -0.384. The van der Waals surface area contributed by atoms with Crippen LogP contribution in [0.1, 0.15) is 25.3 Å². The summed E-state index contributed by atoms with van der Waals surface area (Å²) in [6.07, 6.45) is 3.27. The number of rotatable bonds is 5. The first-order chi connectivity index (χ1) is 7.70. The van der Waals surface area contributed by atoms with Gasteiger partial charge in [-0.3, -0.25) is 10.1 Å². The summed E-state index contributed by atoms with van der Waals surface area (Å²) in [5.74, 6) is 0.164. The summed E-state index contributed by atoms with van der Waals surface area (Å²) in [5.41, 5.74) is -0.222. The molecule has 1 heterocycles. The van der Waals surface area contributed by atoms with Crippen LogP contribution in [0.3, 0.4) is 0 Å². The van der Waals surface area contributed by atoms with Crippen molar-refractivity contribution in [3.8, 4) is 6.07 Å². The van der Waals surface area contributed by atoms with Gasteiger partial charge in [-0.2, -0.15) is 5.26 Å². The van der Waals surface area contributed by atoms with Gasteiger partial charge in [-0.1, -0.05) is 13.3 Å². The van der Waals surface area contributed by atoms with Gasteiger partial charge in [0.15, 0.2) is 0 Å². The number of hydrogen-bond acceptors (Lipinski definition) is 5. The average Bonchev–Trinajstić information content (AvgIpc) is 2.28. The molecule has 0 amide bonds. The summed E-state index contributed by atoms with van der Waals surface area (Å²) in [5, 5.41) is 22.4. The second-order valence-electron chi connectivity index (χ2n) is 3.20. The van der Waals surface area contributed by atoms with Crippen LogP contribution in [-0.2, 0) is 0 Å². The highest BCUT2D eigenvalue weighted by Gasteiger charge is 2.20. The third-order valence-electron chi connectivity index (χ3n) is 2.05.